The lowest BCUT2D eigenvalue weighted by Gasteiger charge is -2.33. The van der Waals surface area contributed by atoms with Gasteiger partial charge in [-0.25, -0.2) is 9.67 Å². The molecule has 1 aliphatic heterocycles. The van der Waals surface area contributed by atoms with E-state index in [1.165, 1.54) is 64.5 Å². The first kappa shape index (κ1) is 16.4. The molecule has 0 bridgehead atoms. The minimum Gasteiger partial charge on any atom is -0.363 e. The van der Waals surface area contributed by atoms with Gasteiger partial charge in [0.25, 0.3) is 5.91 Å². The van der Waals surface area contributed by atoms with Crippen molar-refractivity contribution in [2.24, 2.45) is 11.7 Å². The van der Waals surface area contributed by atoms with Crippen molar-refractivity contribution in [3.05, 3.63) is 12.2 Å². The van der Waals surface area contributed by atoms with Gasteiger partial charge in [-0.05, 0) is 44.7 Å². The number of primary amides is 1. The molecular weight excluding hydrogens is 290 g/mol. The third kappa shape index (κ3) is 4.53. The Morgan fingerprint density at radius 1 is 1.22 bits per heavy atom. The summed E-state index contributed by atoms with van der Waals surface area (Å²) in [5.74, 6) is 0.543. The van der Waals surface area contributed by atoms with Crippen molar-refractivity contribution < 1.29 is 4.79 Å². The zero-order valence-corrected chi connectivity index (χ0v) is 14.0. The van der Waals surface area contributed by atoms with Gasteiger partial charge >= 0.3 is 0 Å². The molecule has 2 aliphatic rings. The van der Waals surface area contributed by atoms with Crippen LogP contribution in [0.15, 0.2) is 6.33 Å². The number of piperidine rings is 1. The summed E-state index contributed by atoms with van der Waals surface area (Å²) in [5, 5.41) is 4.23. The van der Waals surface area contributed by atoms with Gasteiger partial charge in [-0.2, -0.15) is 0 Å². The maximum absolute atomic E-state index is 11.1. The number of carbonyl (C=O) groups excluding carboxylic acids is 1. The highest BCUT2D eigenvalue weighted by Crippen LogP contribution is 2.28. The second-order valence-corrected chi connectivity index (χ2v) is 7.16. The van der Waals surface area contributed by atoms with Crippen molar-refractivity contribution in [3.63, 3.8) is 0 Å². The van der Waals surface area contributed by atoms with Gasteiger partial charge < -0.3 is 10.6 Å². The molecule has 1 saturated heterocycles. The van der Waals surface area contributed by atoms with Gasteiger partial charge in [-0.3, -0.25) is 4.79 Å². The molecule has 128 valence electrons. The standard InChI is InChI=1S/C17H29N5O/c18-16(23)17-19-13-22(20-17)15-9-5-11-21(12-15)10-4-8-14-6-2-1-3-7-14/h13-15H,1-12H2,(H2,18,23)/t15-/m0/s1. The molecule has 0 radical (unpaired) electrons. The Morgan fingerprint density at radius 2 is 2.04 bits per heavy atom. The second-order valence-electron chi connectivity index (χ2n) is 7.16. The average Bonchev–Trinajstić information content (AvgIpc) is 3.07. The summed E-state index contributed by atoms with van der Waals surface area (Å²) >= 11 is 0. The minimum atomic E-state index is -0.552. The van der Waals surface area contributed by atoms with Crippen LogP contribution in [-0.2, 0) is 0 Å². The summed E-state index contributed by atoms with van der Waals surface area (Å²) < 4.78 is 1.83. The first-order valence-corrected chi connectivity index (χ1v) is 9.15. The van der Waals surface area contributed by atoms with Crippen LogP contribution in [0.5, 0.6) is 0 Å². The molecule has 0 spiro atoms. The first-order chi connectivity index (χ1) is 11.2. The van der Waals surface area contributed by atoms with E-state index in [1.807, 2.05) is 4.68 Å². The molecular formula is C17H29N5O. The first-order valence-electron chi connectivity index (χ1n) is 9.15. The molecule has 6 nitrogen and oxygen atoms in total. The van der Waals surface area contributed by atoms with Crippen LogP contribution in [0.3, 0.4) is 0 Å². The van der Waals surface area contributed by atoms with Gasteiger partial charge in [0, 0.05) is 6.54 Å². The van der Waals surface area contributed by atoms with Gasteiger partial charge in [0.15, 0.2) is 0 Å². The van der Waals surface area contributed by atoms with E-state index >= 15 is 0 Å². The van der Waals surface area contributed by atoms with Crippen LogP contribution >= 0.6 is 0 Å². The van der Waals surface area contributed by atoms with Crippen LogP contribution in [-0.4, -0.2) is 45.2 Å². The molecule has 1 aliphatic carbocycles. The fourth-order valence-electron chi connectivity index (χ4n) is 4.09. The number of carbonyl (C=O) groups is 1. The lowest BCUT2D eigenvalue weighted by Crippen LogP contribution is -2.37. The molecule has 1 aromatic rings. The smallest absolute Gasteiger partial charge is 0.288 e. The van der Waals surface area contributed by atoms with Crippen LogP contribution in [0.4, 0.5) is 0 Å². The monoisotopic (exact) mass is 319 g/mol. The van der Waals surface area contributed by atoms with E-state index in [0.29, 0.717) is 6.04 Å². The molecule has 3 rings (SSSR count). The number of hydrogen-bond donors (Lipinski definition) is 1. The SMILES string of the molecule is NC(=O)c1ncn([C@H]2CCCN(CCCC3CCCCC3)C2)n1. The van der Waals surface area contributed by atoms with Crippen LogP contribution in [0.25, 0.3) is 0 Å². The molecule has 6 heteroatoms. The Bertz CT molecular complexity index is 509. The van der Waals surface area contributed by atoms with Gasteiger partial charge in [-0.15, -0.1) is 5.10 Å². The van der Waals surface area contributed by atoms with Crippen molar-refractivity contribution in [2.45, 2.75) is 63.8 Å². The predicted octanol–water partition coefficient (Wildman–Crippen LogP) is 2.37. The molecule has 2 heterocycles. The average molecular weight is 319 g/mol. The Hall–Kier alpha value is -1.43. The zero-order valence-electron chi connectivity index (χ0n) is 14.0. The Kier molecular flexibility index (Phi) is 5.65. The number of aromatic nitrogens is 3. The number of hydrogen-bond acceptors (Lipinski definition) is 4. The van der Waals surface area contributed by atoms with Gasteiger partial charge in [0.1, 0.15) is 6.33 Å². The highest BCUT2D eigenvalue weighted by Gasteiger charge is 2.23. The highest BCUT2D eigenvalue weighted by atomic mass is 16.1. The van der Waals surface area contributed by atoms with Crippen molar-refractivity contribution in [1.82, 2.24) is 19.7 Å². The molecule has 2 fully saturated rings. The topological polar surface area (TPSA) is 77.0 Å². The highest BCUT2D eigenvalue weighted by molar-refractivity contribution is 5.88. The predicted molar refractivity (Wildman–Crippen MR) is 89.1 cm³/mol. The Morgan fingerprint density at radius 3 is 2.78 bits per heavy atom. The summed E-state index contributed by atoms with van der Waals surface area (Å²) in [4.78, 5) is 17.7. The van der Waals surface area contributed by atoms with Crippen molar-refractivity contribution in [2.75, 3.05) is 19.6 Å². The fourth-order valence-corrected chi connectivity index (χ4v) is 4.09. The number of nitrogens with two attached hydrogens (primary N) is 1. The van der Waals surface area contributed by atoms with Gasteiger partial charge in [0.05, 0.1) is 6.04 Å². The second kappa shape index (κ2) is 7.90. The number of rotatable bonds is 6. The van der Waals surface area contributed by atoms with E-state index in [2.05, 4.69) is 15.0 Å². The Labute approximate surface area is 138 Å². The van der Waals surface area contributed by atoms with Crippen molar-refractivity contribution >= 4 is 5.91 Å². The molecule has 1 atom stereocenters. The van der Waals surface area contributed by atoms with Crippen LogP contribution in [0, 0.1) is 5.92 Å². The van der Waals surface area contributed by atoms with Crippen LogP contribution in [0.1, 0.15) is 74.4 Å². The largest absolute Gasteiger partial charge is 0.363 e. The van der Waals surface area contributed by atoms with E-state index in [1.54, 1.807) is 6.33 Å². The normalized spacial score (nSPS) is 23.9. The third-order valence-electron chi connectivity index (χ3n) is 5.40. The lowest BCUT2D eigenvalue weighted by molar-refractivity contribution is 0.0989. The summed E-state index contributed by atoms with van der Waals surface area (Å²) in [6.07, 6.45) is 13.8. The van der Waals surface area contributed by atoms with E-state index in [-0.39, 0.29) is 5.82 Å². The van der Waals surface area contributed by atoms with Gasteiger partial charge in [0.2, 0.25) is 5.82 Å². The molecule has 2 N–H and O–H groups in total. The molecule has 1 saturated carbocycles. The van der Waals surface area contributed by atoms with E-state index in [0.717, 1.165) is 18.9 Å². The van der Waals surface area contributed by atoms with Crippen molar-refractivity contribution in [1.29, 1.82) is 0 Å². The molecule has 0 unspecified atom stereocenters. The summed E-state index contributed by atoms with van der Waals surface area (Å²) in [7, 11) is 0. The summed E-state index contributed by atoms with van der Waals surface area (Å²) in [6.45, 7) is 3.37. The van der Waals surface area contributed by atoms with Crippen molar-refractivity contribution in [3.8, 4) is 0 Å². The quantitative estimate of drug-likeness (QED) is 0.873. The zero-order chi connectivity index (χ0) is 16.1. The van der Waals surface area contributed by atoms with Crippen LogP contribution in [0.2, 0.25) is 0 Å². The van der Waals surface area contributed by atoms with Gasteiger partial charge in [-0.1, -0.05) is 32.1 Å². The maximum atomic E-state index is 11.1. The van der Waals surface area contributed by atoms with E-state index in [4.69, 9.17) is 5.73 Å². The summed E-state index contributed by atoms with van der Waals surface area (Å²) in [5.41, 5.74) is 5.23. The maximum Gasteiger partial charge on any atom is 0.288 e. The molecule has 1 amide bonds. The Balaban J connectivity index is 1.44. The number of likely N-dealkylation sites (tertiary alicyclic amines) is 1. The molecule has 0 aromatic carbocycles. The van der Waals surface area contributed by atoms with E-state index < -0.39 is 5.91 Å². The third-order valence-corrected chi connectivity index (χ3v) is 5.40. The number of amides is 1. The molecule has 23 heavy (non-hydrogen) atoms. The summed E-state index contributed by atoms with van der Waals surface area (Å²) in [6, 6.07) is 0.319. The van der Waals surface area contributed by atoms with Crippen LogP contribution < -0.4 is 5.73 Å². The molecule has 1 aromatic heterocycles. The minimum absolute atomic E-state index is 0.124. The lowest BCUT2D eigenvalue weighted by atomic mass is 9.86. The fraction of sp³-hybridized carbons (Fsp3) is 0.824. The van der Waals surface area contributed by atoms with E-state index in [9.17, 15) is 4.79 Å². The number of nitrogens with zero attached hydrogens (tertiary/aromatic N) is 4.